The van der Waals surface area contributed by atoms with E-state index >= 15 is 0 Å². The van der Waals surface area contributed by atoms with Crippen molar-refractivity contribution in [2.24, 2.45) is 23.2 Å². The largest absolute Gasteiger partial charge is 0.416 e. The summed E-state index contributed by atoms with van der Waals surface area (Å²) in [5, 5.41) is 14.6. The van der Waals surface area contributed by atoms with Crippen LogP contribution in [0.25, 0.3) is 0 Å². The summed E-state index contributed by atoms with van der Waals surface area (Å²) >= 11 is 0. The molecule has 0 spiro atoms. The van der Waals surface area contributed by atoms with Crippen molar-refractivity contribution in [1.29, 1.82) is 0 Å². The highest BCUT2D eigenvalue weighted by Crippen LogP contribution is 2.61. The van der Waals surface area contributed by atoms with E-state index < -0.39 is 29.6 Å². The standard InChI is InChI=1S/C27H30F4N4O2/c28-20-7-18(6-19(8-20)27(29,30)31)25(37)35-2-1-21-22(13-35)33-14-34-24(21)32-12-23(36)26-9-15-3-16(10-26)5-17(4-15)11-26/h6-8,14-17,23,36H,1-5,9-13H2,(H,32,33,34). The van der Waals surface area contributed by atoms with Gasteiger partial charge in [0.2, 0.25) is 0 Å². The van der Waals surface area contributed by atoms with Crippen LogP contribution < -0.4 is 5.32 Å². The number of alkyl halides is 3. The molecule has 1 amide bonds. The van der Waals surface area contributed by atoms with E-state index in [0.717, 1.165) is 48.6 Å². The van der Waals surface area contributed by atoms with Crippen molar-refractivity contribution < 1.29 is 27.5 Å². The van der Waals surface area contributed by atoms with Gasteiger partial charge in [-0.05, 0) is 86.3 Å². The van der Waals surface area contributed by atoms with Crippen LogP contribution in [0.15, 0.2) is 24.5 Å². The molecule has 6 nitrogen and oxygen atoms in total. The first-order valence-corrected chi connectivity index (χ1v) is 13.0. The summed E-state index contributed by atoms with van der Waals surface area (Å²) in [7, 11) is 0. The molecule has 1 aliphatic heterocycles. The van der Waals surface area contributed by atoms with Crippen LogP contribution in [0.3, 0.4) is 0 Å². The predicted molar refractivity (Wildman–Crippen MR) is 127 cm³/mol. The maximum absolute atomic E-state index is 13.8. The number of carbonyl (C=O) groups excluding carboxylic acids is 1. The zero-order valence-corrected chi connectivity index (χ0v) is 20.4. The van der Waals surface area contributed by atoms with Crippen LogP contribution >= 0.6 is 0 Å². The number of carbonyl (C=O) groups is 1. The summed E-state index contributed by atoms with van der Waals surface area (Å²) in [4.78, 5) is 23.0. The van der Waals surface area contributed by atoms with Gasteiger partial charge in [0.05, 0.1) is 23.9 Å². The number of hydrogen-bond donors (Lipinski definition) is 2. The second-order valence-corrected chi connectivity index (χ2v) is 11.5. The fourth-order valence-electron chi connectivity index (χ4n) is 7.73. The summed E-state index contributed by atoms with van der Waals surface area (Å²) in [6, 6.07) is 1.89. The minimum absolute atomic E-state index is 0.0156. The fourth-order valence-corrected chi connectivity index (χ4v) is 7.73. The molecule has 1 aromatic heterocycles. The first-order chi connectivity index (χ1) is 17.6. The average Bonchev–Trinajstić information content (AvgIpc) is 2.84. The third kappa shape index (κ3) is 4.57. The number of nitrogens with zero attached hydrogens (tertiary/aromatic N) is 3. The molecule has 37 heavy (non-hydrogen) atoms. The highest BCUT2D eigenvalue weighted by Gasteiger charge is 2.53. The summed E-state index contributed by atoms with van der Waals surface area (Å²) in [6.07, 6.45) is 3.77. The molecule has 10 heteroatoms. The van der Waals surface area contributed by atoms with Crippen LogP contribution in [0, 0.1) is 29.0 Å². The predicted octanol–water partition coefficient (Wildman–Crippen LogP) is 4.82. The molecule has 0 saturated heterocycles. The lowest BCUT2D eigenvalue weighted by Crippen LogP contribution is -2.53. The number of nitrogens with one attached hydrogen (secondary N) is 1. The van der Waals surface area contributed by atoms with Gasteiger partial charge in [-0.15, -0.1) is 0 Å². The molecular formula is C27H30F4N4O2. The molecule has 1 atom stereocenters. The van der Waals surface area contributed by atoms with Crippen LogP contribution in [0.1, 0.15) is 65.7 Å². The van der Waals surface area contributed by atoms with Crippen molar-refractivity contribution >= 4 is 11.7 Å². The van der Waals surface area contributed by atoms with Crippen molar-refractivity contribution in [1.82, 2.24) is 14.9 Å². The minimum atomic E-state index is -4.75. The van der Waals surface area contributed by atoms with Gasteiger partial charge in [0, 0.05) is 24.2 Å². The van der Waals surface area contributed by atoms with Gasteiger partial charge >= 0.3 is 6.18 Å². The van der Waals surface area contributed by atoms with Gasteiger partial charge in [0.25, 0.3) is 5.91 Å². The quantitative estimate of drug-likeness (QED) is 0.555. The highest BCUT2D eigenvalue weighted by molar-refractivity contribution is 5.94. The molecule has 7 rings (SSSR count). The molecule has 2 heterocycles. The molecule has 1 unspecified atom stereocenters. The second kappa shape index (κ2) is 8.92. The Balaban J connectivity index is 1.14. The van der Waals surface area contributed by atoms with Crippen LogP contribution in [0.2, 0.25) is 0 Å². The molecule has 2 aromatic rings. The van der Waals surface area contributed by atoms with Crippen molar-refractivity contribution in [3.05, 3.63) is 52.7 Å². The number of anilines is 1. The third-order valence-corrected chi connectivity index (χ3v) is 9.02. The Labute approximate surface area is 212 Å². The SMILES string of the molecule is O=C(c1cc(F)cc(C(F)(F)F)c1)N1CCc2c(ncnc2NCC(O)C23CC4CC(CC(C4)C2)C3)C1. The molecule has 1 aromatic carbocycles. The van der Waals surface area contributed by atoms with Gasteiger partial charge in [-0.3, -0.25) is 4.79 Å². The van der Waals surface area contributed by atoms with Gasteiger partial charge in [-0.25, -0.2) is 14.4 Å². The lowest BCUT2D eigenvalue weighted by molar-refractivity contribution is -0.137. The number of amides is 1. The van der Waals surface area contributed by atoms with Gasteiger partial charge in [0.1, 0.15) is 18.0 Å². The van der Waals surface area contributed by atoms with Gasteiger partial charge in [0.15, 0.2) is 0 Å². The van der Waals surface area contributed by atoms with Crippen molar-refractivity contribution in [2.75, 3.05) is 18.4 Å². The second-order valence-electron chi connectivity index (χ2n) is 11.5. The molecular weight excluding hydrogens is 488 g/mol. The van der Waals surface area contributed by atoms with E-state index in [4.69, 9.17) is 0 Å². The Morgan fingerprint density at radius 2 is 1.78 bits per heavy atom. The number of halogens is 4. The van der Waals surface area contributed by atoms with Gasteiger partial charge in [-0.2, -0.15) is 13.2 Å². The zero-order valence-electron chi connectivity index (χ0n) is 20.4. The van der Waals surface area contributed by atoms with Crippen molar-refractivity contribution in [3.63, 3.8) is 0 Å². The number of benzene rings is 1. The van der Waals surface area contributed by atoms with E-state index in [9.17, 15) is 27.5 Å². The van der Waals surface area contributed by atoms with Crippen LogP contribution in [0.5, 0.6) is 0 Å². The molecule has 2 N–H and O–H groups in total. The van der Waals surface area contributed by atoms with E-state index in [2.05, 4.69) is 15.3 Å². The van der Waals surface area contributed by atoms with E-state index in [0.29, 0.717) is 36.6 Å². The van der Waals surface area contributed by atoms with Crippen molar-refractivity contribution in [2.45, 2.75) is 63.8 Å². The van der Waals surface area contributed by atoms with Gasteiger partial charge < -0.3 is 15.3 Å². The maximum Gasteiger partial charge on any atom is 0.416 e. The van der Waals surface area contributed by atoms with Crippen LogP contribution in [-0.2, 0) is 19.1 Å². The molecule has 4 saturated carbocycles. The van der Waals surface area contributed by atoms with Crippen LogP contribution in [0.4, 0.5) is 23.4 Å². The molecule has 5 aliphatic rings. The normalized spacial score (nSPS) is 29.2. The van der Waals surface area contributed by atoms with E-state index in [1.54, 1.807) is 0 Å². The van der Waals surface area contributed by atoms with E-state index in [1.165, 1.54) is 30.5 Å². The number of rotatable bonds is 5. The fraction of sp³-hybridized carbons (Fsp3) is 0.593. The van der Waals surface area contributed by atoms with Crippen LogP contribution in [-0.4, -0.2) is 45.1 Å². The Hall–Kier alpha value is -2.75. The number of hydrogen-bond acceptors (Lipinski definition) is 5. The summed E-state index contributed by atoms with van der Waals surface area (Å²) < 4.78 is 53.1. The molecule has 4 aliphatic carbocycles. The Morgan fingerprint density at radius 1 is 1.11 bits per heavy atom. The smallest absolute Gasteiger partial charge is 0.391 e. The lowest BCUT2D eigenvalue weighted by atomic mass is 9.48. The van der Waals surface area contributed by atoms with E-state index in [1.807, 2.05) is 0 Å². The molecule has 4 bridgehead atoms. The first kappa shape index (κ1) is 24.6. The average molecular weight is 519 g/mol. The Bertz CT molecular complexity index is 1180. The monoisotopic (exact) mass is 518 g/mol. The number of aliphatic hydroxyl groups excluding tert-OH is 1. The van der Waals surface area contributed by atoms with E-state index in [-0.39, 0.29) is 24.1 Å². The minimum Gasteiger partial charge on any atom is -0.391 e. The summed E-state index contributed by atoms with van der Waals surface area (Å²) in [6.45, 7) is 0.714. The van der Waals surface area contributed by atoms with Gasteiger partial charge in [-0.1, -0.05) is 0 Å². The molecule has 4 fully saturated rings. The van der Waals surface area contributed by atoms with Crippen molar-refractivity contribution in [3.8, 4) is 0 Å². The number of fused-ring (bicyclic) bond motifs is 1. The first-order valence-electron chi connectivity index (χ1n) is 13.0. The molecule has 198 valence electrons. The topological polar surface area (TPSA) is 78.4 Å². The summed E-state index contributed by atoms with van der Waals surface area (Å²) in [5.74, 6) is 1.04. The third-order valence-electron chi connectivity index (χ3n) is 9.02. The summed E-state index contributed by atoms with van der Waals surface area (Å²) in [5.41, 5.74) is -0.131. The number of aromatic nitrogens is 2. The molecule has 0 radical (unpaired) electrons. The lowest BCUT2D eigenvalue weighted by Gasteiger charge is -2.58. The Kier molecular flexibility index (Phi) is 5.93. The number of aliphatic hydroxyl groups is 1. The zero-order chi connectivity index (χ0) is 25.9. The highest BCUT2D eigenvalue weighted by atomic mass is 19.4. The Morgan fingerprint density at radius 3 is 2.43 bits per heavy atom. The maximum atomic E-state index is 13.8.